The summed E-state index contributed by atoms with van der Waals surface area (Å²) in [5.74, 6) is 0. The van der Waals surface area contributed by atoms with Gasteiger partial charge in [-0.3, -0.25) is 10.00 Å². The lowest BCUT2D eigenvalue weighted by atomic mass is 9.82. The molecule has 1 fully saturated rings. The highest BCUT2D eigenvalue weighted by Gasteiger charge is 2.30. The first-order valence-electron chi connectivity index (χ1n) is 6.94. The molecule has 2 aromatic rings. The van der Waals surface area contributed by atoms with Crippen LogP contribution in [0.4, 0.5) is 0 Å². The van der Waals surface area contributed by atoms with Gasteiger partial charge < -0.3 is 5.11 Å². The zero-order chi connectivity index (χ0) is 13.3. The summed E-state index contributed by atoms with van der Waals surface area (Å²) in [5.41, 5.74) is 2.48. The van der Waals surface area contributed by atoms with Crippen molar-refractivity contribution in [1.82, 2.24) is 15.1 Å². The van der Waals surface area contributed by atoms with Gasteiger partial charge in [-0.25, -0.2) is 0 Å². The van der Waals surface area contributed by atoms with E-state index in [0.29, 0.717) is 0 Å². The van der Waals surface area contributed by atoms with Crippen LogP contribution in [0.25, 0.3) is 10.9 Å². The van der Waals surface area contributed by atoms with E-state index in [1.54, 1.807) is 0 Å². The van der Waals surface area contributed by atoms with Crippen LogP contribution < -0.4 is 0 Å². The molecule has 102 valence electrons. The van der Waals surface area contributed by atoms with E-state index < -0.39 is 0 Å². The molecule has 3 rings (SSSR count). The summed E-state index contributed by atoms with van der Waals surface area (Å²) in [7, 11) is 0. The minimum atomic E-state index is 0.0557. The van der Waals surface area contributed by atoms with Crippen molar-refractivity contribution in [2.24, 2.45) is 5.41 Å². The summed E-state index contributed by atoms with van der Waals surface area (Å²) in [6.07, 6.45) is 4.15. The van der Waals surface area contributed by atoms with E-state index in [-0.39, 0.29) is 12.0 Å². The zero-order valence-electron chi connectivity index (χ0n) is 11.4. The molecule has 1 aliphatic heterocycles. The van der Waals surface area contributed by atoms with Gasteiger partial charge in [0, 0.05) is 30.5 Å². The number of H-pyrrole nitrogens is 1. The number of likely N-dealkylation sites (tertiary alicyclic amines) is 1. The van der Waals surface area contributed by atoms with Crippen LogP contribution in [0.1, 0.15) is 25.3 Å². The number of piperidine rings is 1. The van der Waals surface area contributed by atoms with Gasteiger partial charge in [0.2, 0.25) is 0 Å². The van der Waals surface area contributed by atoms with Crippen LogP contribution >= 0.6 is 0 Å². The van der Waals surface area contributed by atoms with E-state index >= 15 is 0 Å². The maximum atomic E-state index is 9.53. The molecular formula is C15H21N3O. The molecule has 1 atom stereocenters. The van der Waals surface area contributed by atoms with Crippen molar-refractivity contribution in [3.8, 4) is 0 Å². The van der Waals surface area contributed by atoms with Crippen LogP contribution in [0.5, 0.6) is 0 Å². The minimum absolute atomic E-state index is 0.0557. The summed E-state index contributed by atoms with van der Waals surface area (Å²) in [5, 5.41) is 17.9. The SMILES string of the molecule is CC1(CO)CCCN(Cc2cccc3cn[nH]c23)C1. The molecule has 0 saturated carbocycles. The summed E-state index contributed by atoms with van der Waals surface area (Å²) in [4.78, 5) is 2.44. The number of fused-ring (bicyclic) bond motifs is 1. The Morgan fingerprint density at radius 3 is 3.21 bits per heavy atom. The van der Waals surface area contributed by atoms with Crippen molar-refractivity contribution >= 4 is 10.9 Å². The lowest BCUT2D eigenvalue weighted by molar-refractivity contribution is 0.0431. The molecule has 0 bridgehead atoms. The molecule has 1 aromatic heterocycles. The number of aliphatic hydroxyl groups is 1. The van der Waals surface area contributed by atoms with Gasteiger partial charge in [-0.2, -0.15) is 5.10 Å². The number of aliphatic hydroxyl groups excluding tert-OH is 1. The number of hydrogen-bond donors (Lipinski definition) is 2. The number of para-hydroxylation sites is 1. The molecule has 1 saturated heterocycles. The maximum Gasteiger partial charge on any atom is 0.0695 e. The highest BCUT2D eigenvalue weighted by atomic mass is 16.3. The van der Waals surface area contributed by atoms with Crippen LogP contribution in [0.15, 0.2) is 24.4 Å². The molecule has 1 unspecified atom stereocenters. The van der Waals surface area contributed by atoms with E-state index in [9.17, 15) is 5.11 Å². The second-order valence-corrected chi connectivity index (χ2v) is 6.03. The third-order valence-corrected chi connectivity index (χ3v) is 4.20. The molecule has 0 spiro atoms. The molecule has 0 aliphatic carbocycles. The standard InChI is InChI=1S/C15H21N3O/c1-15(11-19)6-3-7-18(10-15)9-13-5-2-4-12-8-16-17-14(12)13/h2,4-5,8,19H,3,6-7,9-11H2,1H3,(H,16,17). The lowest BCUT2D eigenvalue weighted by Gasteiger charge is -2.39. The van der Waals surface area contributed by atoms with Crippen molar-refractivity contribution < 1.29 is 5.11 Å². The first kappa shape index (κ1) is 12.6. The summed E-state index contributed by atoms with van der Waals surface area (Å²) < 4.78 is 0. The fourth-order valence-corrected chi connectivity index (χ4v) is 3.09. The highest BCUT2D eigenvalue weighted by Crippen LogP contribution is 2.30. The largest absolute Gasteiger partial charge is 0.396 e. The number of hydrogen-bond acceptors (Lipinski definition) is 3. The van der Waals surface area contributed by atoms with E-state index in [2.05, 4.69) is 40.2 Å². The number of nitrogens with zero attached hydrogens (tertiary/aromatic N) is 2. The number of benzene rings is 1. The van der Waals surface area contributed by atoms with Gasteiger partial charge in [-0.15, -0.1) is 0 Å². The first-order chi connectivity index (χ1) is 9.20. The summed E-state index contributed by atoms with van der Waals surface area (Å²) in [6, 6.07) is 6.32. The molecular weight excluding hydrogens is 238 g/mol. The Morgan fingerprint density at radius 1 is 1.47 bits per heavy atom. The van der Waals surface area contributed by atoms with Crippen molar-refractivity contribution in [1.29, 1.82) is 0 Å². The second kappa shape index (κ2) is 4.94. The predicted octanol–water partition coefficient (Wildman–Crippen LogP) is 2.16. The molecule has 2 heterocycles. The number of nitrogens with one attached hydrogen (secondary N) is 1. The maximum absolute atomic E-state index is 9.53. The van der Waals surface area contributed by atoms with Crippen LogP contribution in [-0.2, 0) is 6.54 Å². The molecule has 2 N–H and O–H groups in total. The Kier molecular flexibility index (Phi) is 3.29. The average Bonchev–Trinajstić information content (AvgIpc) is 2.88. The topological polar surface area (TPSA) is 52.1 Å². The van der Waals surface area contributed by atoms with Crippen molar-refractivity contribution in [2.75, 3.05) is 19.7 Å². The first-order valence-corrected chi connectivity index (χ1v) is 6.94. The van der Waals surface area contributed by atoms with Gasteiger partial charge >= 0.3 is 0 Å². The lowest BCUT2D eigenvalue weighted by Crippen LogP contribution is -2.43. The molecule has 4 heteroatoms. The monoisotopic (exact) mass is 259 g/mol. The van der Waals surface area contributed by atoms with Crippen molar-refractivity contribution in [2.45, 2.75) is 26.3 Å². The number of aromatic amines is 1. The van der Waals surface area contributed by atoms with E-state index in [0.717, 1.165) is 38.0 Å². The molecule has 1 aliphatic rings. The molecule has 19 heavy (non-hydrogen) atoms. The summed E-state index contributed by atoms with van der Waals surface area (Å²) in [6.45, 7) is 5.46. The van der Waals surface area contributed by atoms with Gasteiger partial charge in [0.25, 0.3) is 0 Å². The van der Waals surface area contributed by atoms with Gasteiger partial charge in [0.05, 0.1) is 11.7 Å². The van der Waals surface area contributed by atoms with Crippen molar-refractivity contribution in [3.05, 3.63) is 30.0 Å². The Morgan fingerprint density at radius 2 is 2.37 bits per heavy atom. The van der Waals surface area contributed by atoms with Crippen LogP contribution in [-0.4, -0.2) is 39.9 Å². The average molecular weight is 259 g/mol. The second-order valence-electron chi connectivity index (χ2n) is 6.03. The number of aromatic nitrogens is 2. The third-order valence-electron chi connectivity index (χ3n) is 4.20. The minimum Gasteiger partial charge on any atom is -0.396 e. The van der Waals surface area contributed by atoms with Gasteiger partial charge in [0.15, 0.2) is 0 Å². The van der Waals surface area contributed by atoms with Crippen LogP contribution in [0.3, 0.4) is 0 Å². The highest BCUT2D eigenvalue weighted by molar-refractivity contribution is 5.81. The Hall–Kier alpha value is -1.39. The number of rotatable bonds is 3. The van der Waals surface area contributed by atoms with E-state index in [1.165, 1.54) is 10.9 Å². The predicted molar refractivity (Wildman–Crippen MR) is 75.8 cm³/mol. The summed E-state index contributed by atoms with van der Waals surface area (Å²) >= 11 is 0. The fourth-order valence-electron chi connectivity index (χ4n) is 3.09. The normalized spacial score (nSPS) is 24.9. The Bertz CT molecular complexity index is 565. The quantitative estimate of drug-likeness (QED) is 0.888. The van der Waals surface area contributed by atoms with Gasteiger partial charge in [0.1, 0.15) is 0 Å². The molecule has 1 aromatic carbocycles. The molecule has 0 radical (unpaired) electrons. The third kappa shape index (κ3) is 2.51. The van der Waals surface area contributed by atoms with E-state index in [1.807, 2.05) is 6.20 Å². The van der Waals surface area contributed by atoms with Crippen molar-refractivity contribution in [3.63, 3.8) is 0 Å². The van der Waals surface area contributed by atoms with E-state index in [4.69, 9.17) is 0 Å². The Balaban J connectivity index is 1.79. The van der Waals surface area contributed by atoms with Crippen LogP contribution in [0.2, 0.25) is 0 Å². The molecule has 4 nitrogen and oxygen atoms in total. The van der Waals surface area contributed by atoms with Gasteiger partial charge in [-0.05, 0) is 24.9 Å². The Labute approximate surface area is 113 Å². The fraction of sp³-hybridized carbons (Fsp3) is 0.533. The zero-order valence-corrected chi connectivity index (χ0v) is 11.4. The van der Waals surface area contributed by atoms with Crippen LogP contribution in [0, 0.1) is 5.41 Å². The smallest absolute Gasteiger partial charge is 0.0695 e. The molecule has 0 amide bonds. The van der Waals surface area contributed by atoms with Gasteiger partial charge in [-0.1, -0.05) is 25.1 Å².